The van der Waals surface area contributed by atoms with E-state index in [1.807, 2.05) is 56.3 Å². The van der Waals surface area contributed by atoms with Crippen LogP contribution in [0.15, 0.2) is 58.2 Å². The van der Waals surface area contributed by atoms with Gasteiger partial charge in [-0.25, -0.2) is 4.79 Å². The molecule has 194 valence electrons. The van der Waals surface area contributed by atoms with Gasteiger partial charge in [-0.1, -0.05) is 45.6 Å². The molecule has 9 nitrogen and oxygen atoms in total. The maximum Gasteiger partial charge on any atom is 0.338 e. The number of esters is 1. The number of ether oxygens (including phenoxy) is 3. The molecule has 1 aromatic heterocycles. The molecule has 1 N–H and O–H groups in total. The minimum atomic E-state index is -0.568. The standard InChI is InChI=1S/C27H30BrN5O4/c1-3-35-23-15-19(11-14-22(23)36-16-18-9-12-20(28)13-10-18)25-24(17(2)29-27-30-31-32-33(25)27)26(34)37-21-7-5-4-6-8-21/h9-15,21,25H,3-8,16H2,1-2H3,(H,29,30,32). The summed E-state index contributed by atoms with van der Waals surface area (Å²) in [5.74, 6) is 1.32. The fraction of sp³-hybridized carbons (Fsp3) is 0.407. The van der Waals surface area contributed by atoms with Gasteiger partial charge >= 0.3 is 5.97 Å². The molecule has 0 saturated heterocycles. The lowest BCUT2D eigenvalue weighted by Gasteiger charge is -2.30. The number of tetrazole rings is 1. The Morgan fingerprint density at radius 2 is 1.86 bits per heavy atom. The number of fused-ring (bicyclic) bond motifs is 1. The van der Waals surface area contributed by atoms with Crippen LogP contribution in [0.5, 0.6) is 11.5 Å². The van der Waals surface area contributed by atoms with Crippen LogP contribution in [0.2, 0.25) is 0 Å². The zero-order chi connectivity index (χ0) is 25.8. The molecule has 1 atom stereocenters. The number of nitrogens with zero attached hydrogens (tertiary/aromatic N) is 4. The molecular formula is C27H30BrN5O4. The van der Waals surface area contributed by atoms with Crippen LogP contribution in [0, 0.1) is 0 Å². The third-order valence-corrected chi connectivity index (χ3v) is 7.18. The van der Waals surface area contributed by atoms with Crippen molar-refractivity contribution in [1.82, 2.24) is 20.2 Å². The minimum absolute atomic E-state index is 0.0640. The number of carbonyl (C=O) groups excluding carboxylic acids is 1. The number of allylic oxidation sites excluding steroid dienone is 1. The lowest BCUT2D eigenvalue weighted by Crippen LogP contribution is -2.32. The quantitative estimate of drug-likeness (QED) is 0.352. The summed E-state index contributed by atoms with van der Waals surface area (Å²) < 4.78 is 20.6. The normalized spacial score (nSPS) is 17.6. The Balaban J connectivity index is 1.45. The van der Waals surface area contributed by atoms with Crippen molar-refractivity contribution in [3.8, 4) is 11.5 Å². The predicted molar refractivity (Wildman–Crippen MR) is 141 cm³/mol. The van der Waals surface area contributed by atoms with E-state index in [0.29, 0.717) is 41.9 Å². The van der Waals surface area contributed by atoms with E-state index >= 15 is 0 Å². The molecule has 1 fully saturated rings. The molecule has 2 heterocycles. The molecule has 1 aliphatic carbocycles. The molecule has 1 saturated carbocycles. The lowest BCUT2D eigenvalue weighted by atomic mass is 9.94. The van der Waals surface area contributed by atoms with Crippen LogP contribution >= 0.6 is 15.9 Å². The highest BCUT2D eigenvalue weighted by atomic mass is 79.9. The van der Waals surface area contributed by atoms with Crippen molar-refractivity contribution >= 4 is 27.8 Å². The van der Waals surface area contributed by atoms with Crippen molar-refractivity contribution in [1.29, 1.82) is 0 Å². The SMILES string of the molecule is CCOc1cc(C2C(C(=O)OC3CCCCC3)=C(C)Nc3nnnn32)ccc1OCc1ccc(Br)cc1. The number of aromatic nitrogens is 4. The van der Waals surface area contributed by atoms with Gasteiger partial charge in [0.25, 0.3) is 0 Å². The first kappa shape index (κ1) is 25.3. The monoisotopic (exact) mass is 567 g/mol. The molecule has 0 spiro atoms. The van der Waals surface area contributed by atoms with E-state index in [9.17, 15) is 4.79 Å². The molecule has 2 aliphatic rings. The Bertz CT molecular complexity index is 1280. The second-order valence-electron chi connectivity index (χ2n) is 9.23. The number of anilines is 1. The summed E-state index contributed by atoms with van der Waals surface area (Å²) >= 11 is 3.46. The number of carbonyl (C=O) groups is 1. The van der Waals surface area contributed by atoms with Gasteiger partial charge in [-0.3, -0.25) is 0 Å². The van der Waals surface area contributed by atoms with Crippen molar-refractivity contribution in [3.05, 3.63) is 69.3 Å². The van der Waals surface area contributed by atoms with Crippen LogP contribution in [0.25, 0.3) is 0 Å². The highest BCUT2D eigenvalue weighted by Crippen LogP contribution is 2.39. The van der Waals surface area contributed by atoms with Gasteiger partial charge in [0.15, 0.2) is 11.5 Å². The Morgan fingerprint density at radius 1 is 1.08 bits per heavy atom. The Kier molecular flexibility index (Phi) is 7.73. The summed E-state index contributed by atoms with van der Waals surface area (Å²) in [6.07, 6.45) is 5.06. The first-order valence-electron chi connectivity index (χ1n) is 12.6. The van der Waals surface area contributed by atoms with Gasteiger partial charge in [-0.2, -0.15) is 4.68 Å². The average molecular weight is 568 g/mol. The molecule has 0 amide bonds. The van der Waals surface area contributed by atoms with E-state index in [0.717, 1.165) is 41.3 Å². The topological polar surface area (TPSA) is 100 Å². The van der Waals surface area contributed by atoms with Crippen LogP contribution in [0.4, 0.5) is 5.95 Å². The summed E-state index contributed by atoms with van der Waals surface area (Å²) in [7, 11) is 0. The molecule has 2 aromatic carbocycles. The Hall–Kier alpha value is -3.40. The molecule has 3 aromatic rings. The van der Waals surface area contributed by atoms with Gasteiger partial charge in [0.1, 0.15) is 18.8 Å². The zero-order valence-corrected chi connectivity index (χ0v) is 22.5. The zero-order valence-electron chi connectivity index (χ0n) is 20.9. The molecule has 0 bridgehead atoms. The molecular weight excluding hydrogens is 538 g/mol. The van der Waals surface area contributed by atoms with Gasteiger partial charge in [0.2, 0.25) is 5.95 Å². The summed E-state index contributed by atoms with van der Waals surface area (Å²) in [4.78, 5) is 13.5. The third kappa shape index (κ3) is 5.64. The molecule has 1 unspecified atom stereocenters. The average Bonchev–Trinajstić information content (AvgIpc) is 3.37. The maximum atomic E-state index is 13.5. The van der Waals surface area contributed by atoms with Crippen molar-refractivity contribution in [2.75, 3.05) is 11.9 Å². The molecule has 0 radical (unpaired) electrons. The molecule has 1 aliphatic heterocycles. The number of halogens is 1. The number of benzene rings is 2. The van der Waals surface area contributed by atoms with E-state index in [1.54, 1.807) is 4.68 Å². The van der Waals surface area contributed by atoms with Crippen molar-refractivity contribution in [2.24, 2.45) is 0 Å². The predicted octanol–water partition coefficient (Wildman–Crippen LogP) is 5.58. The first-order valence-corrected chi connectivity index (χ1v) is 13.4. The highest BCUT2D eigenvalue weighted by molar-refractivity contribution is 9.10. The fourth-order valence-corrected chi connectivity index (χ4v) is 5.07. The summed E-state index contributed by atoms with van der Waals surface area (Å²) in [6, 6.07) is 13.1. The summed E-state index contributed by atoms with van der Waals surface area (Å²) in [5.41, 5.74) is 2.99. The summed E-state index contributed by atoms with van der Waals surface area (Å²) in [5, 5.41) is 15.2. The van der Waals surface area contributed by atoms with Crippen molar-refractivity contribution in [3.63, 3.8) is 0 Å². The van der Waals surface area contributed by atoms with Gasteiger partial charge < -0.3 is 19.5 Å². The first-order chi connectivity index (χ1) is 18.0. The second-order valence-corrected chi connectivity index (χ2v) is 10.1. The maximum absolute atomic E-state index is 13.5. The van der Waals surface area contributed by atoms with Crippen LogP contribution in [0.3, 0.4) is 0 Å². The van der Waals surface area contributed by atoms with Crippen molar-refractivity contribution in [2.45, 2.75) is 64.7 Å². The largest absolute Gasteiger partial charge is 0.490 e. The lowest BCUT2D eigenvalue weighted by molar-refractivity contribution is -0.146. The van der Waals surface area contributed by atoms with Gasteiger partial charge in [0, 0.05) is 10.2 Å². The van der Waals surface area contributed by atoms with E-state index < -0.39 is 6.04 Å². The van der Waals surface area contributed by atoms with E-state index in [1.165, 1.54) is 6.42 Å². The van der Waals surface area contributed by atoms with E-state index in [-0.39, 0.29) is 12.1 Å². The van der Waals surface area contributed by atoms with E-state index in [2.05, 4.69) is 36.8 Å². The van der Waals surface area contributed by atoms with E-state index in [4.69, 9.17) is 14.2 Å². The molecule has 10 heteroatoms. The number of nitrogens with one attached hydrogen (secondary N) is 1. The van der Waals surface area contributed by atoms with Crippen molar-refractivity contribution < 1.29 is 19.0 Å². The highest BCUT2D eigenvalue weighted by Gasteiger charge is 2.36. The van der Waals surface area contributed by atoms with Crippen LogP contribution in [-0.4, -0.2) is 38.9 Å². The third-order valence-electron chi connectivity index (χ3n) is 6.65. The number of hydrogen-bond donors (Lipinski definition) is 1. The number of hydrogen-bond acceptors (Lipinski definition) is 8. The summed E-state index contributed by atoms with van der Waals surface area (Å²) in [6.45, 7) is 4.63. The van der Waals surface area contributed by atoms with Gasteiger partial charge in [-0.15, -0.1) is 0 Å². The molecule has 5 rings (SSSR count). The van der Waals surface area contributed by atoms with Crippen LogP contribution < -0.4 is 14.8 Å². The van der Waals surface area contributed by atoms with Crippen LogP contribution in [0.1, 0.15) is 63.1 Å². The Labute approximate surface area is 224 Å². The Morgan fingerprint density at radius 3 is 2.62 bits per heavy atom. The second kappa shape index (κ2) is 11.3. The van der Waals surface area contributed by atoms with Gasteiger partial charge in [-0.05, 0) is 85.3 Å². The molecule has 37 heavy (non-hydrogen) atoms. The van der Waals surface area contributed by atoms with Gasteiger partial charge in [0.05, 0.1) is 12.2 Å². The minimum Gasteiger partial charge on any atom is -0.490 e. The smallest absolute Gasteiger partial charge is 0.338 e. The number of rotatable bonds is 8. The van der Waals surface area contributed by atoms with Crippen LogP contribution in [-0.2, 0) is 16.1 Å². The fourth-order valence-electron chi connectivity index (χ4n) is 4.81.